The molecule has 0 aromatic rings. The zero-order valence-corrected chi connectivity index (χ0v) is 10.5. The zero-order chi connectivity index (χ0) is 11.1. The number of hydrogen-bond donors (Lipinski definition) is 0. The molecule has 3 heteroatoms. The van der Waals surface area contributed by atoms with Crippen LogP contribution in [0.3, 0.4) is 0 Å². The van der Waals surface area contributed by atoms with Gasteiger partial charge in [0.05, 0.1) is 0 Å². The summed E-state index contributed by atoms with van der Waals surface area (Å²) >= 11 is 0. The van der Waals surface area contributed by atoms with Crippen molar-refractivity contribution in [2.24, 2.45) is 11.3 Å². The Kier molecular flexibility index (Phi) is 3.13. The van der Waals surface area contributed by atoms with Crippen LogP contribution in [0.25, 0.3) is 0 Å². The second-order valence-electron chi connectivity index (χ2n) is 6.36. The molecule has 2 nitrogen and oxygen atoms in total. The molecular weight excluding hydrogens is 187 g/mol. The predicted octanol–water partition coefficient (Wildman–Crippen LogP) is 3.47. The van der Waals surface area contributed by atoms with Gasteiger partial charge in [-0.3, -0.25) is 0 Å². The molecular formula is C12H23BO2. The van der Waals surface area contributed by atoms with E-state index in [2.05, 4.69) is 27.7 Å². The Morgan fingerprint density at radius 2 is 1.53 bits per heavy atom. The minimum atomic E-state index is 0.0156. The molecule has 0 N–H and O–H groups in total. The van der Waals surface area contributed by atoms with Crippen LogP contribution in [0.1, 0.15) is 53.4 Å². The van der Waals surface area contributed by atoms with Crippen molar-refractivity contribution in [2.45, 2.75) is 65.5 Å². The normalized spacial score (nSPS) is 34.0. The van der Waals surface area contributed by atoms with Gasteiger partial charge in [-0.25, -0.2) is 0 Å². The summed E-state index contributed by atoms with van der Waals surface area (Å²) in [5.41, 5.74) is 0.123. The molecule has 15 heavy (non-hydrogen) atoms. The van der Waals surface area contributed by atoms with Crippen molar-refractivity contribution in [3.05, 3.63) is 0 Å². The van der Waals surface area contributed by atoms with Crippen molar-refractivity contribution in [3.63, 3.8) is 0 Å². The van der Waals surface area contributed by atoms with Crippen LogP contribution < -0.4 is 0 Å². The summed E-state index contributed by atoms with van der Waals surface area (Å²) < 4.78 is 11.7. The number of hydrogen-bond acceptors (Lipinski definition) is 2. The first kappa shape index (κ1) is 11.5. The average Bonchev–Trinajstić information content (AvgIpc) is 2.03. The zero-order valence-electron chi connectivity index (χ0n) is 10.5. The summed E-state index contributed by atoms with van der Waals surface area (Å²) in [5, 5.41) is 0. The Bertz CT molecular complexity index is 210. The third kappa shape index (κ3) is 2.56. The van der Waals surface area contributed by atoms with Crippen LogP contribution >= 0.6 is 0 Å². The van der Waals surface area contributed by atoms with E-state index in [9.17, 15) is 0 Å². The Morgan fingerprint density at radius 3 is 2.00 bits per heavy atom. The van der Waals surface area contributed by atoms with Gasteiger partial charge in [0.2, 0.25) is 0 Å². The predicted molar refractivity (Wildman–Crippen MR) is 62.5 cm³/mol. The van der Waals surface area contributed by atoms with Gasteiger partial charge >= 0.3 is 7.12 Å². The monoisotopic (exact) mass is 210 g/mol. The lowest BCUT2D eigenvalue weighted by atomic mass is 9.61. The maximum absolute atomic E-state index is 5.86. The maximum atomic E-state index is 5.86. The van der Waals surface area contributed by atoms with Crippen LogP contribution in [0.15, 0.2) is 0 Å². The maximum Gasteiger partial charge on any atom is 0.463 e. The number of rotatable bonds is 1. The summed E-state index contributed by atoms with van der Waals surface area (Å²) in [7, 11) is 0.0988. The van der Waals surface area contributed by atoms with Crippen LogP contribution in [0.5, 0.6) is 0 Å². The molecule has 0 bridgehead atoms. The lowest BCUT2D eigenvalue weighted by molar-refractivity contribution is -0.177. The quantitative estimate of drug-likeness (QED) is 0.617. The summed E-state index contributed by atoms with van der Waals surface area (Å²) in [5.74, 6) is 1.56. The van der Waals surface area contributed by atoms with Gasteiger partial charge in [0, 0.05) is 5.41 Å². The van der Waals surface area contributed by atoms with E-state index >= 15 is 0 Å². The first-order valence-corrected chi connectivity index (χ1v) is 6.28. The van der Waals surface area contributed by atoms with Crippen LogP contribution in [0, 0.1) is 11.3 Å². The van der Waals surface area contributed by atoms with Gasteiger partial charge in [-0.1, -0.05) is 53.4 Å². The first-order chi connectivity index (χ1) is 6.97. The Labute approximate surface area is 93.9 Å². The minimum absolute atomic E-state index is 0.0156. The van der Waals surface area contributed by atoms with E-state index in [1.165, 1.54) is 25.7 Å². The van der Waals surface area contributed by atoms with Gasteiger partial charge in [0.15, 0.2) is 0 Å². The molecule has 0 aromatic carbocycles. The van der Waals surface area contributed by atoms with E-state index in [4.69, 9.17) is 9.31 Å². The summed E-state index contributed by atoms with van der Waals surface area (Å²) in [6.07, 6.45) is 5.26. The molecule has 2 fully saturated rings. The standard InChI is InChI=1S/C12H23BO2/c1-9-5-7-10(8-6-9)13-14-11(15-13)12(2,3)4/h9-11H,5-8H2,1-4H3. The molecule has 2 aliphatic rings. The van der Waals surface area contributed by atoms with Crippen molar-refractivity contribution in [1.29, 1.82) is 0 Å². The second kappa shape index (κ2) is 4.10. The van der Waals surface area contributed by atoms with E-state index in [1.807, 2.05) is 0 Å². The molecule has 1 heterocycles. The SMILES string of the molecule is CC1CCC(B2OC(C(C)(C)C)O2)CC1. The smallest absolute Gasteiger partial charge is 0.386 e. The van der Waals surface area contributed by atoms with Crippen LogP contribution in [0.4, 0.5) is 0 Å². The van der Waals surface area contributed by atoms with Crippen molar-refractivity contribution in [3.8, 4) is 0 Å². The second-order valence-corrected chi connectivity index (χ2v) is 6.36. The van der Waals surface area contributed by atoms with Gasteiger partial charge in [-0.15, -0.1) is 0 Å². The lowest BCUT2D eigenvalue weighted by Crippen LogP contribution is -2.54. The van der Waals surface area contributed by atoms with Crippen LogP contribution in [-0.2, 0) is 9.31 Å². The highest BCUT2D eigenvalue weighted by molar-refractivity contribution is 6.48. The fraction of sp³-hybridized carbons (Fsp3) is 1.00. The highest BCUT2D eigenvalue weighted by Crippen LogP contribution is 2.41. The highest BCUT2D eigenvalue weighted by Gasteiger charge is 2.47. The summed E-state index contributed by atoms with van der Waals surface area (Å²) in [6, 6.07) is 0. The summed E-state index contributed by atoms with van der Waals surface area (Å²) in [6.45, 7) is 8.83. The molecule has 0 amide bonds. The Balaban J connectivity index is 1.75. The van der Waals surface area contributed by atoms with Crippen molar-refractivity contribution < 1.29 is 9.31 Å². The fourth-order valence-electron chi connectivity index (χ4n) is 2.44. The van der Waals surface area contributed by atoms with Crippen molar-refractivity contribution in [2.75, 3.05) is 0 Å². The fourth-order valence-corrected chi connectivity index (χ4v) is 2.44. The summed E-state index contributed by atoms with van der Waals surface area (Å²) in [4.78, 5) is 0. The van der Waals surface area contributed by atoms with Crippen LogP contribution in [0.2, 0.25) is 5.82 Å². The van der Waals surface area contributed by atoms with Gasteiger partial charge in [0.25, 0.3) is 0 Å². The highest BCUT2D eigenvalue weighted by atomic mass is 16.8. The average molecular weight is 210 g/mol. The van der Waals surface area contributed by atoms with E-state index < -0.39 is 0 Å². The molecule has 0 spiro atoms. The van der Waals surface area contributed by atoms with Gasteiger partial charge in [-0.2, -0.15) is 0 Å². The van der Waals surface area contributed by atoms with Gasteiger partial charge < -0.3 is 9.31 Å². The third-order valence-corrected chi connectivity index (χ3v) is 3.67. The minimum Gasteiger partial charge on any atom is -0.386 e. The lowest BCUT2D eigenvalue weighted by Gasteiger charge is -2.45. The molecule has 1 saturated carbocycles. The van der Waals surface area contributed by atoms with Crippen molar-refractivity contribution in [1.82, 2.24) is 0 Å². The molecule has 1 aliphatic carbocycles. The van der Waals surface area contributed by atoms with E-state index in [0.717, 1.165) is 5.92 Å². The van der Waals surface area contributed by atoms with Crippen LogP contribution in [-0.4, -0.2) is 13.4 Å². The third-order valence-electron chi connectivity index (χ3n) is 3.67. The Hall–Kier alpha value is -0.0151. The molecule has 0 unspecified atom stereocenters. The molecule has 86 valence electrons. The largest absolute Gasteiger partial charge is 0.463 e. The van der Waals surface area contributed by atoms with E-state index in [1.54, 1.807) is 0 Å². The molecule has 1 aliphatic heterocycles. The van der Waals surface area contributed by atoms with Gasteiger partial charge in [0.1, 0.15) is 6.29 Å². The molecule has 1 saturated heterocycles. The molecule has 0 aromatic heterocycles. The molecule has 2 rings (SSSR count). The first-order valence-electron chi connectivity index (χ1n) is 6.28. The Morgan fingerprint density at radius 1 is 1.00 bits per heavy atom. The van der Waals surface area contributed by atoms with E-state index in [-0.39, 0.29) is 18.8 Å². The topological polar surface area (TPSA) is 18.5 Å². The molecule has 0 radical (unpaired) electrons. The van der Waals surface area contributed by atoms with E-state index in [0.29, 0.717) is 5.82 Å². The van der Waals surface area contributed by atoms with Gasteiger partial charge in [-0.05, 0) is 11.7 Å². The van der Waals surface area contributed by atoms with Crippen molar-refractivity contribution >= 4 is 7.12 Å². The molecule has 0 atom stereocenters.